The van der Waals surface area contributed by atoms with Crippen LogP contribution in [-0.2, 0) is 9.53 Å². The Kier molecular flexibility index (Phi) is 5.02. The van der Waals surface area contributed by atoms with Crippen LogP contribution in [0.1, 0.15) is 22.3 Å². The van der Waals surface area contributed by atoms with Crippen molar-refractivity contribution in [1.29, 1.82) is 0 Å². The third-order valence-electron chi connectivity index (χ3n) is 3.82. The molecular formula is C18H15N3O5. The third kappa shape index (κ3) is 3.92. The summed E-state index contributed by atoms with van der Waals surface area (Å²) in [4.78, 5) is 34.3. The fourth-order valence-electron chi connectivity index (χ4n) is 2.50. The van der Waals surface area contributed by atoms with Gasteiger partial charge in [0, 0.05) is 18.6 Å². The summed E-state index contributed by atoms with van der Waals surface area (Å²) in [7, 11) is 0. The van der Waals surface area contributed by atoms with Gasteiger partial charge in [0.1, 0.15) is 0 Å². The number of ether oxygens (including phenoxy) is 1. The topological polar surface area (TPSA) is 102 Å². The molecule has 0 unspecified atom stereocenters. The van der Waals surface area contributed by atoms with Crippen molar-refractivity contribution < 1.29 is 19.2 Å². The maximum Gasteiger partial charge on any atom is 0.338 e. The van der Waals surface area contributed by atoms with Gasteiger partial charge in [0.15, 0.2) is 6.61 Å². The Morgan fingerprint density at radius 1 is 1.15 bits per heavy atom. The molecule has 1 aliphatic rings. The number of nitro groups is 1. The minimum atomic E-state index is -0.798. The van der Waals surface area contributed by atoms with E-state index >= 15 is 0 Å². The van der Waals surface area contributed by atoms with E-state index in [0.29, 0.717) is 13.0 Å². The first-order valence-corrected chi connectivity index (χ1v) is 7.89. The Morgan fingerprint density at radius 2 is 1.92 bits per heavy atom. The number of hydrazone groups is 1. The smallest absolute Gasteiger partial charge is 0.338 e. The summed E-state index contributed by atoms with van der Waals surface area (Å²) < 4.78 is 4.96. The molecule has 26 heavy (non-hydrogen) atoms. The number of hydrogen-bond acceptors (Lipinski definition) is 6. The molecule has 1 heterocycles. The molecule has 0 aliphatic carbocycles. The van der Waals surface area contributed by atoms with Gasteiger partial charge in [-0.2, -0.15) is 5.10 Å². The van der Waals surface area contributed by atoms with E-state index in [1.54, 1.807) is 0 Å². The molecule has 8 nitrogen and oxygen atoms in total. The number of benzene rings is 2. The van der Waals surface area contributed by atoms with Gasteiger partial charge >= 0.3 is 5.97 Å². The molecule has 0 atom stereocenters. The van der Waals surface area contributed by atoms with Crippen LogP contribution in [0, 0.1) is 10.1 Å². The van der Waals surface area contributed by atoms with E-state index in [9.17, 15) is 19.7 Å². The first-order valence-electron chi connectivity index (χ1n) is 7.89. The molecule has 0 N–H and O–H groups in total. The van der Waals surface area contributed by atoms with Gasteiger partial charge in [0.05, 0.1) is 22.7 Å². The monoisotopic (exact) mass is 353 g/mol. The van der Waals surface area contributed by atoms with Crippen LogP contribution in [0.15, 0.2) is 59.7 Å². The number of nitrogens with zero attached hydrogens (tertiary/aromatic N) is 3. The van der Waals surface area contributed by atoms with E-state index in [1.165, 1.54) is 23.2 Å². The molecule has 8 heteroatoms. The third-order valence-corrected chi connectivity index (χ3v) is 3.82. The highest BCUT2D eigenvalue weighted by Crippen LogP contribution is 2.15. The molecule has 3 rings (SSSR count). The Labute approximate surface area is 148 Å². The summed E-state index contributed by atoms with van der Waals surface area (Å²) in [6, 6.07) is 14.7. The molecule has 0 radical (unpaired) electrons. The number of rotatable bonds is 5. The molecule has 0 saturated heterocycles. The summed E-state index contributed by atoms with van der Waals surface area (Å²) in [6.45, 7) is -0.0650. The lowest BCUT2D eigenvalue weighted by atomic mass is 10.1. The van der Waals surface area contributed by atoms with E-state index in [-0.39, 0.29) is 11.3 Å². The van der Waals surface area contributed by atoms with Crippen LogP contribution in [0.5, 0.6) is 0 Å². The molecule has 1 aliphatic heterocycles. The average molecular weight is 353 g/mol. The Balaban J connectivity index is 1.59. The van der Waals surface area contributed by atoms with Crippen molar-refractivity contribution in [3.63, 3.8) is 0 Å². The summed E-state index contributed by atoms with van der Waals surface area (Å²) in [5, 5.41) is 16.3. The molecule has 0 fully saturated rings. The van der Waals surface area contributed by atoms with Crippen molar-refractivity contribution in [2.24, 2.45) is 5.10 Å². The predicted octanol–water partition coefficient (Wildman–Crippen LogP) is 2.39. The largest absolute Gasteiger partial charge is 0.452 e. The molecule has 132 valence electrons. The maximum atomic E-state index is 12.2. The highest BCUT2D eigenvalue weighted by molar-refractivity contribution is 6.02. The lowest BCUT2D eigenvalue weighted by molar-refractivity contribution is -0.384. The number of hydrogen-bond donors (Lipinski definition) is 0. The second-order valence-electron chi connectivity index (χ2n) is 5.56. The second kappa shape index (κ2) is 7.56. The zero-order chi connectivity index (χ0) is 18.5. The minimum Gasteiger partial charge on any atom is -0.452 e. The zero-order valence-corrected chi connectivity index (χ0v) is 13.7. The highest BCUT2D eigenvalue weighted by atomic mass is 16.6. The van der Waals surface area contributed by atoms with Gasteiger partial charge in [0.25, 0.3) is 11.6 Å². The van der Waals surface area contributed by atoms with Gasteiger partial charge in [-0.1, -0.05) is 36.4 Å². The number of non-ortho nitro benzene ring substituents is 1. The van der Waals surface area contributed by atoms with Crippen molar-refractivity contribution in [2.45, 2.75) is 6.42 Å². The van der Waals surface area contributed by atoms with Gasteiger partial charge in [-0.25, -0.2) is 9.80 Å². The van der Waals surface area contributed by atoms with Crippen molar-refractivity contribution in [1.82, 2.24) is 5.01 Å². The average Bonchev–Trinajstić information content (AvgIpc) is 3.17. The molecule has 0 spiro atoms. The van der Waals surface area contributed by atoms with Gasteiger partial charge in [0.2, 0.25) is 0 Å². The molecule has 1 amide bonds. The SMILES string of the molecule is O=C(OCC(=O)N1CCC(c2ccccc2)=N1)c1cccc([N+](=O)[O-])c1. The minimum absolute atomic E-state index is 0.0156. The second-order valence-corrected chi connectivity index (χ2v) is 5.56. The van der Waals surface area contributed by atoms with Gasteiger partial charge in [-0.05, 0) is 11.6 Å². The molecule has 2 aromatic rings. The Bertz CT molecular complexity index is 879. The van der Waals surface area contributed by atoms with Gasteiger partial charge in [-0.3, -0.25) is 14.9 Å². The quantitative estimate of drug-likeness (QED) is 0.466. The van der Waals surface area contributed by atoms with E-state index in [0.717, 1.165) is 17.3 Å². The normalized spacial score (nSPS) is 13.2. The van der Waals surface area contributed by atoms with Crippen LogP contribution in [-0.4, -0.2) is 40.7 Å². The first-order chi connectivity index (χ1) is 12.5. The van der Waals surface area contributed by atoms with Crippen molar-refractivity contribution in [2.75, 3.05) is 13.2 Å². The fourth-order valence-corrected chi connectivity index (χ4v) is 2.50. The van der Waals surface area contributed by atoms with Crippen molar-refractivity contribution in [3.8, 4) is 0 Å². The van der Waals surface area contributed by atoms with Crippen molar-refractivity contribution in [3.05, 3.63) is 75.8 Å². The number of carbonyl (C=O) groups is 2. The van der Waals surface area contributed by atoms with E-state index in [1.807, 2.05) is 30.3 Å². The number of nitro benzene ring substituents is 1. The zero-order valence-electron chi connectivity index (χ0n) is 13.7. The number of carbonyl (C=O) groups excluding carboxylic acids is 2. The lowest BCUT2D eigenvalue weighted by Gasteiger charge is -2.11. The summed E-state index contributed by atoms with van der Waals surface area (Å²) in [6.07, 6.45) is 0.620. The first kappa shape index (κ1) is 17.3. The fraction of sp³-hybridized carbons (Fsp3) is 0.167. The van der Waals surface area contributed by atoms with Crippen LogP contribution in [0.2, 0.25) is 0 Å². The predicted molar refractivity (Wildman–Crippen MR) is 92.7 cm³/mol. The maximum absolute atomic E-state index is 12.2. The molecule has 0 saturated carbocycles. The van der Waals surface area contributed by atoms with Crippen LogP contribution >= 0.6 is 0 Å². The van der Waals surface area contributed by atoms with Crippen LogP contribution in [0.4, 0.5) is 5.69 Å². The van der Waals surface area contributed by atoms with Gasteiger partial charge < -0.3 is 4.74 Å². The van der Waals surface area contributed by atoms with Crippen LogP contribution in [0.3, 0.4) is 0 Å². The van der Waals surface area contributed by atoms with E-state index < -0.39 is 23.4 Å². The summed E-state index contributed by atoms with van der Waals surface area (Å²) in [5.74, 6) is -1.25. The molecular weight excluding hydrogens is 338 g/mol. The van der Waals surface area contributed by atoms with E-state index in [2.05, 4.69) is 5.10 Å². The molecule has 0 bridgehead atoms. The highest BCUT2D eigenvalue weighted by Gasteiger charge is 2.23. The standard InChI is InChI=1S/C18H15N3O5/c22-17(20-10-9-16(19-20)13-5-2-1-3-6-13)12-26-18(23)14-7-4-8-15(11-14)21(24)25/h1-8,11H,9-10,12H2. The molecule has 2 aromatic carbocycles. The summed E-state index contributed by atoms with van der Waals surface area (Å²) >= 11 is 0. The lowest BCUT2D eigenvalue weighted by Crippen LogP contribution is -2.28. The Hall–Kier alpha value is -3.55. The Morgan fingerprint density at radius 3 is 2.65 bits per heavy atom. The summed E-state index contributed by atoms with van der Waals surface area (Å²) in [5.41, 5.74) is 1.53. The van der Waals surface area contributed by atoms with Gasteiger partial charge in [-0.15, -0.1) is 0 Å². The van der Waals surface area contributed by atoms with Crippen LogP contribution in [0.25, 0.3) is 0 Å². The number of amides is 1. The van der Waals surface area contributed by atoms with E-state index in [4.69, 9.17) is 4.74 Å². The number of esters is 1. The molecule has 0 aromatic heterocycles. The van der Waals surface area contributed by atoms with Crippen LogP contribution < -0.4 is 0 Å². The van der Waals surface area contributed by atoms with Crippen molar-refractivity contribution >= 4 is 23.3 Å².